The molecule has 1 atom stereocenters. The second-order valence-corrected chi connectivity index (χ2v) is 7.15. The predicted octanol–water partition coefficient (Wildman–Crippen LogP) is 3.81. The van der Waals surface area contributed by atoms with Gasteiger partial charge in [0.15, 0.2) is 5.78 Å². The first-order chi connectivity index (χ1) is 12.9. The Balaban J connectivity index is 0.000000387. The fraction of sp³-hybridized carbons (Fsp3) is 0.667. The number of rotatable bonds is 8. The number of carbonyl (C=O) groups excluding carboxylic acids is 1. The van der Waals surface area contributed by atoms with Crippen molar-refractivity contribution in [3.05, 3.63) is 23.3 Å². The van der Waals surface area contributed by atoms with E-state index in [0.717, 1.165) is 19.3 Å². The zero-order valence-corrected chi connectivity index (χ0v) is 16.6. The summed E-state index contributed by atoms with van der Waals surface area (Å²) in [6.07, 6.45) is 11.4. The number of hydrogen-bond acceptors (Lipinski definition) is 4. The first-order valence-corrected chi connectivity index (χ1v) is 10.0. The van der Waals surface area contributed by atoms with Gasteiger partial charge in [0.2, 0.25) is 0 Å². The molecule has 0 fully saturated rings. The molecule has 2 rings (SSSR count). The van der Waals surface area contributed by atoms with Crippen molar-refractivity contribution in [2.75, 3.05) is 13.1 Å². The second kappa shape index (κ2) is 12.4. The smallest absolute Gasteiger partial charge is 0.328 e. The van der Waals surface area contributed by atoms with Crippen molar-refractivity contribution >= 4 is 17.7 Å². The van der Waals surface area contributed by atoms with Crippen LogP contribution in [0.3, 0.4) is 0 Å². The fourth-order valence-electron chi connectivity index (χ4n) is 3.78. The number of Topliss-reactive ketones (excluding diaryl/α,β-unsaturated/α-hetero) is 1. The highest BCUT2D eigenvalue weighted by Crippen LogP contribution is 2.35. The van der Waals surface area contributed by atoms with Gasteiger partial charge in [0, 0.05) is 24.6 Å². The average Bonchev–Trinajstić information content (AvgIpc) is 2.64. The van der Waals surface area contributed by atoms with Crippen LogP contribution in [0.25, 0.3) is 0 Å². The molecule has 152 valence electrons. The Bertz CT molecular complexity index is 563. The highest BCUT2D eigenvalue weighted by molar-refractivity contribution is 5.97. The Labute approximate surface area is 161 Å². The number of carboxylic acids is 2. The van der Waals surface area contributed by atoms with Crippen LogP contribution in [0.5, 0.6) is 0 Å². The molecular formula is C21H33NO5. The molecule has 0 saturated heterocycles. The number of hydrogen-bond donors (Lipinski definition) is 2. The van der Waals surface area contributed by atoms with Crippen LogP contribution >= 0.6 is 0 Å². The molecule has 0 spiro atoms. The topological polar surface area (TPSA) is 94.9 Å². The molecule has 0 amide bonds. The summed E-state index contributed by atoms with van der Waals surface area (Å²) in [5, 5.41) is 15.6. The third-order valence-corrected chi connectivity index (χ3v) is 5.05. The molecule has 0 aromatic heterocycles. The summed E-state index contributed by atoms with van der Waals surface area (Å²) < 4.78 is 0. The first kappa shape index (κ1) is 23.1. The molecule has 6 heteroatoms. The van der Waals surface area contributed by atoms with E-state index in [4.69, 9.17) is 10.2 Å². The Morgan fingerprint density at radius 2 is 1.70 bits per heavy atom. The minimum Gasteiger partial charge on any atom is -0.478 e. The summed E-state index contributed by atoms with van der Waals surface area (Å²) in [4.78, 5) is 33.7. The van der Waals surface area contributed by atoms with Crippen molar-refractivity contribution in [2.45, 2.75) is 77.7 Å². The maximum atomic E-state index is 11.9. The number of ketones is 1. The van der Waals surface area contributed by atoms with E-state index < -0.39 is 11.9 Å². The zero-order valence-electron chi connectivity index (χ0n) is 16.6. The Morgan fingerprint density at radius 1 is 1.04 bits per heavy atom. The molecular weight excluding hydrogens is 346 g/mol. The average molecular weight is 379 g/mol. The molecule has 0 bridgehead atoms. The molecule has 6 nitrogen and oxygen atoms in total. The van der Waals surface area contributed by atoms with E-state index in [0.29, 0.717) is 24.0 Å². The summed E-state index contributed by atoms with van der Waals surface area (Å²) in [7, 11) is 0. The zero-order chi connectivity index (χ0) is 20.2. The Hall–Kier alpha value is -1.95. The summed E-state index contributed by atoms with van der Waals surface area (Å²) in [5.74, 6) is -2.06. The lowest BCUT2D eigenvalue weighted by Gasteiger charge is -2.37. The summed E-state index contributed by atoms with van der Waals surface area (Å²) >= 11 is 0. The lowest BCUT2D eigenvalue weighted by atomic mass is 9.79. The van der Waals surface area contributed by atoms with Crippen LogP contribution in [0.1, 0.15) is 71.6 Å². The maximum absolute atomic E-state index is 11.9. The summed E-state index contributed by atoms with van der Waals surface area (Å²) in [6.45, 7) is 7.01. The van der Waals surface area contributed by atoms with Gasteiger partial charge in [-0.15, -0.1) is 0 Å². The number of carbonyl (C=O) groups is 3. The minimum absolute atomic E-state index is 0.454. The maximum Gasteiger partial charge on any atom is 0.328 e. The van der Waals surface area contributed by atoms with E-state index in [1.807, 2.05) is 0 Å². The van der Waals surface area contributed by atoms with E-state index in [-0.39, 0.29) is 0 Å². The first-order valence-electron chi connectivity index (χ1n) is 10.0. The van der Waals surface area contributed by atoms with Crippen LogP contribution < -0.4 is 0 Å². The number of allylic oxidation sites excluding steroid dienone is 1. The number of aliphatic carboxylic acids is 2. The van der Waals surface area contributed by atoms with E-state index in [2.05, 4.69) is 18.7 Å². The lowest BCUT2D eigenvalue weighted by Crippen LogP contribution is -2.39. The summed E-state index contributed by atoms with van der Waals surface area (Å²) in [5.41, 5.74) is 2.72. The number of nitrogens with zero attached hydrogens (tertiary/aromatic N) is 1. The van der Waals surface area contributed by atoms with Gasteiger partial charge in [-0.05, 0) is 63.6 Å². The van der Waals surface area contributed by atoms with Crippen LogP contribution in [0.4, 0.5) is 0 Å². The predicted molar refractivity (Wildman–Crippen MR) is 105 cm³/mol. The van der Waals surface area contributed by atoms with Crippen molar-refractivity contribution in [3.63, 3.8) is 0 Å². The largest absolute Gasteiger partial charge is 0.478 e. The van der Waals surface area contributed by atoms with E-state index in [1.54, 1.807) is 0 Å². The third-order valence-electron chi connectivity index (χ3n) is 5.05. The van der Waals surface area contributed by atoms with E-state index in [1.165, 1.54) is 62.8 Å². The standard InChI is InChI=1S/C17H29NO.C4H4O4/c1-3-5-12-18(11-4-2)15-9-10-16-14(13-15)7-6-8-17(16)19;5-3(6)1-2-4(7)8/h15H,3-13H2,1-2H3;1-2H,(H,5,6)(H,7,8). The Kier molecular flexibility index (Phi) is 10.6. The van der Waals surface area contributed by atoms with Gasteiger partial charge in [-0.2, -0.15) is 0 Å². The monoisotopic (exact) mass is 379 g/mol. The third kappa shape index (κ3) is 8.52. The molecule has 1 unspecified atom stereocenters. The van der Waals surface area contributed by atoms with Crippen LogP contribution in [0, 0.1) is 0 Å². The van der Waals surface area contributed by atoms with Crippen molar-refractivity contribution in [3.8, 4) is 0 Å². The normalized spacial score (nSPS) is 19.7. The van der Waals surface area contributed by atoms with E-state index in [9.17, 15) is 14.4 Å². The van der Waals surface area contributed by atoms with Gasteiger partial charge < -0.3 is 15.1 Å². The van der Waals surface area contributed by atoms with E-state index >= 15 is 0 Å². The molecule has 2 aliphatic rings. The van der Waals surface area contributed by atoms with Crippen LogP contribution in [0.15, 0.2) is 23.3 Å². The van der Waals surface area contributed by atoms with Crippen LogP contribution in [0.2, 0.25) is 0 Å². The highest BCUT2D eigenvalue weighted by atomic mass is 16.4. The minimum atomic E-state index is -1.26. The van der Waals surface area contributed by atoms with Gasteiger partial charge >= 0.3 is 11.9 Å². The van der Waals surface area contributed by atoms with Crippen LogP contribution in [-0.4, -0.2) is 52.0 Å². The van der Waals surface area contributed by atoms with Crippen molar-refractivity contribution in [2.24, 2.45) is 0 Å². The molecule has 0 saturated carbocycles. The van der Waals surface area contributed by atoms with Crippen molar-refractivity contribution in [1.82, 2.24) is 4.90 Å². The van der Waals surface area contributed by atoms with Gasteiger partial charge in [0.05, 0.1) is 0 Å². The molecule has 0 aromatic rings. The van der Waals surface area contributed by atoms with Gasteiger partial charge in [0.1, 0.15) is 0 Å². The molecule has 0 radical (unpaired) electrons. The van der Waals surface area contributed by atoms with Gasteiger partial charge in [-0.3, -0.25) is 4.79 Å². The molecule has 0 heterocycles. The van der Waals surface area contributed by atoms with Crippen molar-refractivity contribution in [1.29, 1.82) is 0 Å². The summed E-state index contributed by atoms with van der Waals surface area (Å²) in [6, 6.07) is 0.705. The quantitative estimate of drug-likeness (QED) is 0.623. The molecule has 2 aliphatic carbocycles. The fourth-order valence-corrected chi connectivity index (χ4v) is 3.78. The highest BCUT2D eigenvalue weighted by Gasteiger charge is 2.29. The van der Waals surface area contributed by atoms with Crippen LogP contribution in [-0.2, 0) is 14.4 Å². The lowest BCUT2D eigenvalue weighted by molar-refractivity contribution is -0.134. The second-order valence-electron chi connectivity index (χ2n) is 7.15. The van der Waals surface area contributed by atoms with Gasteiger partial charge in [-0.25, -0.2) is 9.59 Å². The number of carboxylic acid groups (broad SMARTS) is 2. The van der Waals surface area contributed by atoms with Gasteiger partial charge in [0.25, 0.3) is 0 Å². The SMILES string of the molecule is CCCCN(CCC)C1CCC2=C(CCCC2=O)C1.O=C(O)C=CC(=O)O. The van der Waals surface area contributed by atoms with Gasteiger partial charge in [-0.1, -0.05) is 25.8 Å². The molecule has 27 heavy (non-hydrogen) atoms. The molecule has 0 aliphatic heterocycles. The Morgan fingerprint density at radius 3 is 2.26 bits per heavy atom. The molecule has 0 aromatic carbocycles. The van der Waals surface area contributed by atoms with Crippen molar-refractivity contribution < 1.29 is 24.6 Å². The molecule has 2 N–H and O–H groups in total. The number of unbranched alkanes of at least 4 members (excludes halogenated alkanes) is 1.